The highest BCUT2D eigenvalue weighted by Gasteiger charge is 2.01. The number of aromatic nitrogens is 2. The van der Waals surface area contributed by atoms with Crippen LogP contribution >= 0.6 is 0 Å². The maximum absolute atomic E-state index is 5.67. The molecule has 0 unspecified atom stereocenters. The number of hydrogen-bond donors (Lipinski definition) is 1. The summed E-state index contributed by atoms with van der Waals surface area (Å²) in [6, 6.07) is 5.78. The van der Waals surface area contributed by atoms with E-state index >= 15 is 0 Å². The summed E-state index contributed by atoms with van der Waals surface area (Å²) in [6.07, 6.45) is 1.82. The van der Waals surface area contributed by atoms with Crippen molar-refractivity contribution in [2.75, 3.05) is 19.5 Å². The normalized spacial score (nSPS) is 9.94. The van der Waals surface area contributed by atoms with Gasteiger partial charge in [0.2, 0.25) is 0 Å². The Morgan fingerprint density at radius 1 is 1.38 bits per heavy atom. The lowest BCUT2D eigenvalue weighted by atomic mass is 10.2. The van der Waals surface area contributed by atoms with E-state index in [1.807, 2.05) is 42.9 Å². The number of ether oxygens (including phenoxy) is 1. The molecule has 0 fully saturated rings. The molecule has 1 aromatic heterocycles. The summed E-state index contributed by atoms with van der Waals surface area (Å²) in [4.78, 5) is 0. The van der Waals surface area contributed by atoms with Crippen LogP contribution in [0.25, 0.3) is 10.9 Å². The van der Waals surface area contributed by atoms with Gasteiger partial charge in [0.25, 0.3) is 0 Å². The van der Waals surface area contributed by atoms with Crippen LogP contribution in [0.1, 0.15) is 13.8 Å². The summed E-state index contributed by atoms with van der Waals surface area (Å²) in [5.74, 6) is 0. The lowest BCUT2D eigenvalue weighted by Gasteiger charge is -2.02. The second kappa shape index (κ2) is 6.12. The summed E-state index contributed by atoms with van der Waals surface area (Å²) in [5, 5.41) is 5.33. The van der Waals surface area contributed by atoms with E-state index in [1.54, 1.807) is 7.11 Å². The van der Waals surface area contributed by atoms with Crippen LogP contribution in [0.4, 0.5) is 5.69 Å². The van der Waals surface area contributed by atoms with E-state index in [0.29, 0.717) is 6.61 Å². The summed E-state index contributed by atoms with van der Waals surface area (Å²) in [5.41, 5.74) is 7.53. The average molecular weight is 221 g/mol. The first-order valence-electron chi connectivity index (χ1n) is 5.51. The molecule has 0 amide bonds. The Morgan fingerprint density at radius 3 is 2.81 bits per heavy atom. The van der Waals surface area contributed by atoms with Gasteiger partial charge < -0.3 is 10.5 Å². The van der Waals surface area contributed by atoms with Crippen molar-refractivity contribution in [3.63, 3.8) is 0 Å². The Morgan fingerprint density at radius 2 is 2.12 bits per heavy atom. The molecule has 0 spiro atoms. The second-order valence-corrected chi connectivity index (χ2v) is 3.18. The standard InChI is InChI=1S/C10H13N3O.C2H6/c1-14-5-4-13-10-3-2-9(11)6-8(10)7-12-13;1-2/h2-3,6-7H,4-5,11H2,1H3;1-2H3. The Hall–Kier alpha value is -1.55. The first-order chi connectivity index (χ1) is 7.81. The molecule has 1 heterocycles. The number of methoxy groups -OCH3 is 1. The van der Waals surface area contributed by atoms with Crippen LogP contribution in [-0.4, -0.2) is 23.5 Å². The highest BCUT2D eigenvalue weighted by molar-refractivity contribution is 5.81. The Labute approximate surface area is 96.0 Å². The van der Waals surface area contributed by atoms with Gasteiger partial charge in [-0.1, -0.05) is 13.8 Å². The number of fused-ring (bicyclic) bond motifs is 1. The summed E-state index contributed by atoms with van der Waals surface area (Å²) in [7, 11) is 1.68. The summed E-state index contributed by atoms with van der Waals surface area (Å²) in [6.45, 7) is 5.44. The van der Waals surface area contributed by atoms with E-state index in [4.69, 9.17) is 10.5 Å². The minimum atomic E-state index is 0.668. The van der Waals surface area contributed by atoms with Crippen LogP contribution in [0.2, 0.25) is 0 Å². The van der Waals surface area contributed by atoms with Crippen LogP contribution in [-0.2, 0) is 11.3 Å². The van der Waals surface area contributed by atoms with Crippen LogP contribution in [0.5, 0.6) is 0 Å². The molecule has 0 saturated carbocycles. The molecule has 2 aromatic rings. The molecule has 4 nitrogen and oxygen atoms in total. The molecule has 0 bridgehead atoms. The molecular weight excluding hydrogens is 202 g/mol. The number of anilines is 1. The maximum atomic E-state index is 5.67. The van der Waals surface area contributed by atoms with Crippen molar-refractivity contribution < 1.29 is 4.74 Å². The van der Waals surface area contributed by atoms with Gasteiger partial charge in [-0.25, -0.2) is 0 Å². The third-order valence-electron chi connectivity index (χ3n) is 2.17. The molecule has 88 valence electrons. The molecule has 1 aromatic carbocycles. The van der Waals surface area contributed by atoms with E-state index in [9.17, 15) is 0 Å². The third-order valence-corrected chi connectivity index (χ3v) is 2.17. The van der Waals surface area contributed by atoms with Crippen molar-refractivity contribution in [3.05, 3.63) is 24.4 Å². The third kappa shape index (κ3) is 2.73. The number of nitrogens with two attached hydrogens (primary N) is 1. The smallest absolute Gasteiger partial charge is 0.0684 e. The van der Waals surface area contributed by atoms with Crippen LogP contribution in [0.3, 0.4) is 0 Å². The molecular formula is C12H19N3O. The first kappa shape index (κ1) is 12.5. The van der Waals surface area contributed by atoms with Crippen LogP contribution < -0.4 is 5.73 Å². The van der Waals surface area contributed by atoms with Gasteiger partial charge in [0, 0.05) is 18.2 Å². The highest BCUT2D eigenvalue weighted by atomic mass is 16.5. The molecule has 0 saturated heterocycles. The van der Waals surface area contributed by atoms with E-state index in [2.05, 4.69) is 5.10 Å². The number of rotatable bonds is 3. The molecule has 0 aliphatic heterocycles. The Balaban J connectivity index is 0.000000606. The zero-order chi connectivity index (χ0) is 12.0. The minimum Gasteiger partial charge on any atom is -0.399 e. The fourth-order valence-electron chi connectivity index (χ4n) is 1.46. The SMILES string of the molecule is CC.COCCn1ncc2cc(N)ccc21. The zero-order valence-corrected chi connectivity index (χ0v) is 10.1. The largest absolute Gasteiger partial charge is 0.399 e. The fraction of sp³-hybridized carbons (Fsp3) is 0.417. The number of benzene rings is 1. The molecule has 0 aliphatic carbocycles. The molecule has 0 radical (unpaired) electrons. The highest BCUT2D eigenvalue weighted by Crippen LogP contribution is 2.16. The molecule has 2 rings (SSSR count). The summed E-state index contributed by atoms with van der Waals surface area (Å²) < 4.78 is 6.92. The lowest BCUT2D eigenvalue weighted by Crippen LogP contribution is -2.05. The van der Waals surface area contributed by atoms with E-state index in [0.717, 1.165) is 23.1 Å². The number of hydrogen-bond acceptors (Lipinski definition) is 3. The predicted molar refractivity (Wildman–Crippen MR) is 67.4 cm³/mol. The van der Waals surface area contributed by atoms with E-state index in [-0.39, 0.29) is 0 Å². The quantitative estimate of drug-likeness (QED) is 0.809. The van der Waals surface area contributed by atoms with Gasteiger partial charge in [0.05, 0.1) is 24.9 Å². The molecule has 2 N–H and O–H groups in total. The van der Waals surface area contributed by atoms with Crippen molar-refractivity contribution in [2.24, 2.45) is 0 Å². The van der Waals surface area contributed by atoms with Crippen molar-refractivity contribution in [1.82, 2.24) is 9.78 Å². The van der Waals surface area contributed by atoms with Gasteiger partial charge in [-0.3, -0.25) is 4.68 Å². The topological polar surface area (TPSA) is 53.1 Å². The van der Waals surface area contributed by atoms with Gasteiger partial charge in [0.1, 0.15) is 0 Å². The Kier molecular flexibility index (Phi) is 4.79. The second-order valence-electron chi connectivity index (χ2n) is 3.18. The zero-order valence-electron chi connectivity index (χ0n) is 10.1. The van der Waals surface area contributed by atoms with Crippen LogP contribution in [0, 0.1) is 0 Å². The molecule has 16 heavy (non-hydrogen) atoms. The summed E-state index contributed by atoms with van der Waals surface area (Å²) >= 11 is 0. The van der Waals surface area contributed by atoms with E-state index < -0.39 is 0 Å². The number of nitrogen functional groups attached to an aromatic ring is 1. The molecule has 4 heteroatoms. The molecule has 0 atom stereocenters. The predicted octanol–water partition coefficient (Wildman–Crippen LogP) is 2.29. The number of nitrogens with zero attached hydrogens (tertiary/aromatic N) is 2. The van der Waals surface area contributed by atoms with Gasteiger partial charge in [0.15, 0.2) is 0 Å². The fourth-order valence-corrected chi connectivity index (χ4v) is 1.46. The van der Waals surface area contributed by atoms with Crippen LogP contribution in [0.15, 0.2) is 24.4 Å². The first-order valence-corrected chi connectivity index (χ1v) is 5.51. The lowest BCUT2D eigenvalue weighted by molar-refractivity contribution is 0.185. The van der Waals surface area contributed by atoms with Crippen molar-refractivity contribution in [1.29, 1.82) is 0 Å². The minimum absolute atomic E-state index is 0.668. The van der Waals surface area contributed by atoms with Gasteiger partial charge in [-0.05, 0) is 18.2 Å². The Bertz CT molecular complexity index is 437. The van der Waals surface area contributed by atoms with Gasteiger partial charge in [-0.2, -0.15) is 5.10 Å². The van der Waals surface area contributed by atoms with Gasteiger partial charge >= 0.3 is 0 Å². The van der Waals surface area contributed by atoms with Crippen molar-refractivity contribution >= 4 is 16.6 Å². The van der Waals surface area contributed by atoms with Crippen molar-refractivity contribution in [3.8, 4) is 0 Å². The average Bonchev–Trinajstić information content (AvgIpc) is 2.71. The maximum Gasteiger partial charge on any atom is 0.0684 e. The van der Waals surface area contributed by atoms with Gasteiger partial charge in [-0.15, -0.1) is 0 Å². The van der Waals surface area contributed by atoms with E-state index in [1.165, 1.54) is 0 Å². The monoisotopic (exact) mass is 221 g/mol. The molecule has 0 aliphatic rings. The van der Waals surface area contributed by atoms with Crippen molar-refractivity contribution in [2.45, 2.75) is 20.4 Å².